The number of aryl methyl sites for hydroxylation is 1. The summed E-state index contributed by atoms with van der Waals surface area (Å²) in [7, 11) is 1.59. The van der Waals surface area contributed by atoms with Gasteiger partial charge in [0.25, 0.3) is 5.91 Å². The van der Waals surface area contributed by atoms with Crippen LogP contribution < -0.4 is 4.74 Å². The first-order valence-electron chi connectivity index (χ1n) is 10.8. The van der Waals surface area contributed by atoms with E-state index in [9.17, 15) is 4.79 Å². The molecule has 0 aliphatic carbocycles. The summed E-state index contributed by atoms with van der Waals surface area (Å²) in [5.41, 5.74) is 4.69. The highest BCUT2D eigenvalue weighted by molar-refractivity contribution is 5.97. The predicted molar refractivity (Wildman–Crippen MR) is 124 cm³/mol. The molecule has 6 rings (SSSR count). The number of nitrogens with zero attached hydrogens (tertiary/aromatic N) is 4. The van der Waals surface area contributed by atoms with E-state index in [1.54, 1.807) is 18.1 Å². The Morgan fingerprint density at radius 3 is 2.58 bits per heavy atom. The highest BCUT2D eigenvalue weighted by atomic mass is 16.5. The Balaban J connectivity index is 1.37. The van der Waals surface area contributed by atoms with Crippen molar-refractivity contribution >= 4 is 16.9 Å². The van der Waals surface area contributed by atoms with Gasteiger partial charge >= 0.3 is 0 Å². The van der Waals surface area contributed by atoms with Gasteiger partial charge in [0.2, 0.25) is 0 Å². The van der Waals surface area contributed by atoms with Gasteiger partial charge in [-0.15, -0.1) is 0 Å². The van der Waals surface area contributed by atoms with E-state index in [4.69, 9.17) is 14.3 Å². The Hall–Kier alpha value is -4.26. The van der Waals surface area contributed by atoms with E-state index in [2.05, 4.69) is 31.2 Å². The van der Waals surface area contributed by atoms with Crippen molar-refractivity contribution in [3.63, 3.8) is 0 Å². The topological polar surface area (TPSA) is 65.4 Å². The number of hydrogen-bond acceptors (Lipinski definition) is 4. The van der Waals surface area contributed by atoms with E-state index in [0.29, 0.717) is 30.2 Å². The van der Waals surface area contributed by atoms with E-state index in [-0.39, 0.29) is 5.91 Å². The second-order valence-electron chi connectivity index (χ2n) is 8.24. The molecule has 0 atom stereocenters. The van der Waals surface area contributed by atoms with E-state index in [1.807, 2.05) is 52.0 Å². The molecule has 0 radical (unpaired) electrons. The van der Waals surface area contributed by atoms with Gasteiger partial charge in [0.15, 0.2) is 17.1 Å². The largest absolute Gasteiger partial charge is 0.493 e. The number of ether oxygens (including phenoxy) is 1. The van der Waals surface area contributed by atoms with Crippen LogP contribution in [0.2, 0.25) is 0 Å². The van der Waals surface area contributed by atoms with Gasteiger partial charge in [-0.1, -0.05) is 29.8 Å². The van der Waals surface area contributed by atoms with Crippen LogP contribution in [0.25, 0.3) is 22.5 Å². The minimum Gasteiger partial charge on any atom is -0.493 e. The molecule has 1 aliphatic heterocycles. The number of carbonyl (C=O) groups excluding carboxylic acids is 1. The normalized spacial score (nSPS) is 13.0. The van der Waals surface area contributed by atoms with Crippen molar-refractivity contribution < 1.29 is 13.9 Å². The highest BCUT2D eigenvalue weighted by Gasteiger charge is 2.33. The van der Waals surface area contributed by atoms with Gasteiger partial charge < -0.3 is 18.6 Å². The van der Waals surface area contributed by atoms with Crippen molar-refractivity contribution in [1.82, 2.24) is 19.2 Å². The molecule has 1 amide bonds. The van der Waals surface area contributed by atoms with Crippen LogP contribution in [0.15, 0.2) is 77.5 Å². The number of aromatic nitrogens is 3. The summed E-state index contributed by atoms with van der Waals surface area (Å²) in [5, 5.41) is 5.73. The number of para-hydroxylation sites is 1. The molecule has 1 aliphatic rings. The minimum atomic E-state index is -0.161. The molecule has 3 aromatic heterocycles. The second-order valence-corrected chi connectivity index (χ2v) is 8.24. The maximum absolute atomic E-state index is 13.3. The average Bonchev–Trinajstić information content (AvgIpc) is 3.61. The number of rotatable bonds is 4. The average molecular weight is 438 g/mol. The van der Waals surface area contributed by atoms with Gasteiger partial charge in [0, 0.05) is 23.3 Å². The molecule has 0 N–H and O–H groups in total. The van der Waals surface area contributed by atoms with Crippen LogP contribution in [0.3, 0.4) is 0 Å². The zero-order valence-electron chi connectivity index (χ0n) is 18.4. The Morgan fingerprint density at radius 1 is 1.03 bits per heavy atom. The molecule has 2 aromatic carbocycles. The molecule has 0 saturated carbocycles. The van der Waals surface area contributed by atoms with Crippen LogP contribution in [-0.2, 0) is 13.1 Å². The Labute approximate surface area is 190 Å². The smallest absolute Gasteiger partial charge is 0.290 e. The molecule has 5 aromatic rings. The predicted octanol–water partition coefficient (Wildman–Crippen LogP) is 4.88. The van der Waals surface area contributed by atoms with Gasteiger partial charge in [-0.25, -0.2) is 4.68 Å². The summed E-state index contributed by atoms with van der Waals surface area (Å²) in [6, 6.07) is 19.6. The molecule has 4 heterocycles. The number of carbonyl (C=O) groups is 1. The van der Waals surface area contributed by atoms with Crippen LogP contribution in [0.5, 0.6) is 5.75 Å². The number of fused-ring (bicyclic) bond motifs is 2. The molecular formula is C26H22N4O3. The highest BCUT2D eigenvalue weighted by Crippen LogP contribution is 2.33. The summed E-state index contributed by atoms with van der Waals surface area (Å²) < 4.78 is 15.3. The van der Waals surface area contributed by atoms with Crippen molar-refractivity contribution in [2.24, 2.45) is 0 Å². The van der Waals surface area contributed by atoms with E-state index in [0.717, 1.165) is 28.1 Å². The molecule has 7 heteroatoms. The van der Waals surface area contributed by atoms with Gasteiger partial charge in [-0.2, -0.15) is 5.10 Å². The third kappa shape index (κ3) is 3.12. The summed E-state index contributed by atoms with van der Waals surface area (Å²) >= 11 is 0. The molecule has 0 bridgehead atoms. The van der Waals surface area contributed by atoms with Crippen molar-refractivity contribution in [3.8, 4) is 17.3 Å². The molecule has 33 heavy (non-hydrogen) atoms. The summed E-state index contributed by atoms with van der Waals surface area (Å²) in [5.74, 6) is 1.70. The maximum Gasteiger partial charge on any atom is 0.290 e. The van der Waals surface area contributed by atoms with Crippen molar-refractivity contribution in [2.45, 2.75) is 20.0 Å². The zero-order valence-corrected chi connectivity index (χ0v) is 18.4. The van der Waals surface area contributed by atoms with Crippen LogP contribution >= 0.6 is 0 Å². The molecular weight excluding hydrogens is 416 g/mol. The number of furan rings is 1. The summed E-state index contributed by atoms with van der Waals surface area (Å²) in [4.78, 5) is 15.1. The fourth-order valence-corrected chi connectivity index (χ4v) is 4.41. The lowest BCUT2D eigenvalue weighted by Crippen LogP contribution is -2.26. The number of methoxy groups -OCH3 is 1. The van der Waals surface area contributed by atoms with Crippen molar-refractivity contribution in [1.29, 1.82) is 0 Å². The SMILES string of the molecule is COc1cccc2cc(C(=O)N3Cc4nn(-c5ccc(C)cc5)c(-n5cccc5)c4C3)oc12. The van der Waals surface area contributed by atoms with Crippen LogP contribution in [0.1, 0.15) is 27.4 Å². The van der Waals surface area contributed by atoms with E-state index < -0.39 is 0 Å². The van der Waals surface area contributed by atoms with E-state index in [1.165, 1.54) is 5.56 Å². The Morgan fingerprint density at radius 2 is 1.82 bits per heavy atom. The molecule has 0 spiro atoms. The van der Waals surface area contributed by atoms with Gasteiger partial charge in [0.1, 0.15) is 5.82 Å². The van der Waals surface area contributed by atoms with Crippen LogP contribution in [-0.4, -0.2) is 32.3 Å². The first-order chi connectivity index (χ1) is 16.1. The third-order valence-electron chi connectivity index (χ3n) is 6.08. The van der Waals surface area contributed by atoms with Crippen molar-refractivity contribution in [3.05, 3.63) is 95.6 Å². The van der Waals surface area contributed by atoms with Gasteiger partial charge in [-0.3, -0.25) is 4.79 Å². The first-order valence-corrected chi connectivity index (χ1v) is 10.8. The number of benzene rings is 2. The summed E-state index contributed by atoms with van der Waals surface area (Å²) in [6.07, 6.45) is 4.00. The molecule has 0 saturated heterocycles. The molecule has 164 valence electrons. The number of amides is 1. The van der Waals surface area contributed by atoms with Crippen LogP contribution in [0, 0.1) is 6.92 Å². The zero-order chi connectivity index (χ0) is 22.5. The monoisotopic (exact) mass is 438 g/mol. The first kappa shape index (κ1) is 19.4. The van der Waals surface area contributed by atoms with Gasteiger partial charge in [-0.05, 0) is 43.3 Å². The fourth-order valence-electron chi connectivity index (χ4n) is 4.41. The Kier molecular flexibility index (Phi) is 4.36. The van der Waals surface area contributed by atoms with Crippen molar-refractivity contribution in [2.75, 3.05) is 7.11 Å². The molecule has 0 unspecified atom stereocenters. The summed E-state index contributed by atoms with van der Waals surface area (Å²) in [6.45, 7) is 2.95. The number of hydrogen-bond donors (Lipinski definition) is 0. The molecule has 7 nitrogen and oxygen atoms in total. The lowest BCUT2D eigenvalue weighted by Gasteiger charge is -2.16. The fraction of sp³-hybridized carbons (Fsp3) is 0.154. The molecule has 0 fully saturated rings. The lowest BCUT2D eigenvalue weighted by atomic mass is 10.2. The quantitative estimate of drug-likeness (QED) is 0.401. The Bertz CT molecular complexity index is 1480. The lowest BCUT2D eigenvalue weighted by molar-refractivity contribution is 0.0719. The standard InChI is InChI=1S/C26H22N4O3/c1-17-8-10-19(11-9-17)30-25(28-12-3-4-13-28)20-15-29(16-21(20)27-30)26(31)23-14-18-6-5-7-22(32-2)24(18)33-23/h3-14H,15-16H2,1-2H3. The van der Waals surface area contributed by atoms with Crippen LogP contribution in [0.4, 0.5) is 0 Å². The minimum absolute atomic E-state index is 0.161. The second kappa shape index (κ2) is 7.41. The maximum atomic E-state index is 13.3. The van der Waals surface area contributed by atoms with E-state index >= 15 is 0 Å². The third-order valence-corrected chi connectivity index (χ3v) is 6.08. The van der Waals surface area contributed by atoms with Gasteiger partial charge in [0.05, 0.1) is 31.6 Å².